The summed E-state index contributed by atoms with van der Waals surface area (Å²) in [6, 6.07) is 0.867. The minimum Gasteiger partial charge on any atom is -0.298 e. The molecule has 0 spiro atoms. The van der Waals surface area contributed by atoms with Crippen LogP contribution in [-0.4, -0.2) is 24.0 Å². The molecule has 1 fully saturated rings. The van der Waals surface area contributed by atoms with Gasteiger partial charge in [-0.25, -0.2) is 0 Å². The third-order valence-corrected chi connectivity index (χ3v) is 2.33. The van der Waals surface area contributed by atoms with Gasteiger partial charge in [0.15, 0.2) is 0 Å². The lowest BCUT2D eigenvalue weighted by Crippen LogP contribution is -2.13. The van der Waals surface area contributed by atoms with Crippen LogP contribution < -0.4 is 0 Å². The fourth-order valence-corrected chi connectivity index (χ4v) is 1.37. The standard InChI is InChI=1S/C9H19N/c1-3-4-5-6-9(2)10-7-8-10/h9H,3-8H2,1-2H3. The van der Waals surface area contributed by atoms with Gasteiger partial charge in [0.2, 0.25) is 0 Å². The van der Waals surface area contributed by atoms with Crippen molar-refractivity contribution in [2.45, 2.75) is 45.6 Å². The Bertz CT molecular complexity index is 86.7. The first kappa shape index (κ1) is 8.06. The van der Waals surface area contributed by atoms with Crippen molar-refractivity contribution in [1.29, 1.82) is 0 Å². The fourth-order valence-electron chi connectivity index (χ4n) is 1.37. The molecule has 1 saturated heterocycles. The smallest absolute Gasteiger partial charge is 0.0113 e. The molecule has 1 rings (SSSR count). The summed E-state index contributed by atoms with van der Waals surface area (Å²) in [5, 5.41) is 0. The molecular formula is C9H19N. The molecule has 1 heteroatoms. The van der Waals surface area contributed by atoms with Crippen LogP contribution in [0.4, 0.5) is 0 Å². The van der Waals surface area contributed by atoms with Crippen LogP contribution in [0.5, 0.6) is 0 Å². The molecule has 10 heavy (non-hydrogen) atoms. The highest BCUT2D eigenvalue weighted by molar-refractivity contribution is 4.78. The van der Waals surface area contributed by atoms with Gasteiger partial charge >= 0.3 is 0 Å². The van der Waals surface area contributed by atoms with Crippen LogP contribution in [0, 0.1) is 0 Å². The molecule has 1 heterocycles. The predicted molar refractivity (Wildman–Crippen MR) is 45.2 cm³/mol. The van der Waals surface area contributed by atoms with Crippen molar-refractivity contribution in [2.24, 2.45) is 0 Å². The van der Waals surface area contributed by atoms with Gasteiger partial charge in [-0.2, -0.15) is 0 Å². The van der Waals surface area contributed by atoms with Gasteiger partial charge in [-0.05, 0) is 13.3 Å². The minimum atomic E-state index is 0.867. The molecule has 0 aromatic rings. The van der Waals surface area contributed by atoms with E-state index in [0.717, 1.165) is 6.04 Å². The molecule has 0 aromatic heterocycles. The Morgan fingerprint density at radius 2 is 2.00 bits per heavy atom. The van der Waals surface area contributed by atoms with E-state index in [1.54, 1.807) is 0 Å². The van der Waals surface area contributed by atoms with E-state index in [-0.39, 0.29) is 0 Å². The van der Waals surface area contributed by atoms with E-state index in [1.807, 2.05) is 0 Å². The zero-order valence-electron chi connectivity index (χ0n) is 7.27. The van der Waals surface area contributed by atoms with Gasteiger partial charge in [0, 0.05) is 19.1 Å². The molecule has 1 atom stereocenters. The Hall–Kier alpha value is -0.0400. The maximum Gasteiger partial charge on any atom is 0.0113 e. The van der Waals surface area contributed by atoms with Gasteiger partial charge in [0.25, 0.3) is 0 Å². The Morgan fingerprint density at radius 3 is 2.50 bits per heavy atom. The maximum atomic E-state index is 2.54. The summed E-state index contributed by atoms with van der Waals surface area (Å²) < 4.78 is 0. The molecule has 0 amide bonds. The summed E-state index contributed by atoms with van der Waals surface area (Å²) in [4.78, 5) is 2.54. The summed E-state index contributed by atoms with van der Waals surface area (Å²) in [6.07, 6.45) is 5.60. The van der Waals surface area contributed by atoms with Gasteiger partial charge in [-0.15, -0.1) is 0 Å². The van der Waals surface area contributed by atoms with Gasteiger partial charge < -0.3 is 0 Å². The number of rotatable bonds is 5. The van der Waals surface area contributed by atoms with Gasteiger partial charge in [-0.3, -0.25) is 4.90 Å². The van der Waals surface area contributed by atoms with Crippen LogP contribution in [0.3, 0.4) is 0 Å². The van der Waals surface area contributed by atoms with Crippen molar-refractivity contribution >= 4 is 0 Å². The summed E-state index contributed by atoms with van der Waals surface area (Å²) in [5.41, 5.74) is 0. The predicted octanol–water partition coefficient (Wildman–Crippen LogP) is 2.27. The van der Waals surface area contributed by atoms with Crippen molar-refractivity contribution in [3.05, 3.63) is 0 Å². The topological polar surface area (TPSA) is 3.01 Å². The number of unbranched alkanes of at least 4 members (excludes halogenated alkanes) is 2. The average molecular weight is 141 g/mol. The SMILES string of the molecule is CCCCCC(C)N1CC1. The molecule has 60 valence electrons. The molecule has 0 bridgehead atoms. The highest BCUT2D eigenvalue weighted by Gasteiger charge is 2.22. The molecule has 1 unspecified atom stereocenters. The van der Waals surface area contributed by atoms with Crippen LogP contribution in [0.25, 0.3) is 0 Å². The zero-order chi connectivity index (χ0) is 7.40. The van der Waals surface area contributed by atoms with Crippen LogP contribution in [0.15, 0.2) is 0 Å². The van der Waals surface area contributed by atoms with Gasteiger partial charge in [0.1, 0.15) is 0 Å². The van der Waals surface area contributed by atoms with E-state index >= 15 is 0 Å². The lowest BCUT2D eigenvalue weighted by Gasteiger charge is -2.10. The third kappa shape index (κ3) is 2.70. The fraction of sp³-hybridized carbons (Fsp3) is 1.00. The van der Waals surface area contributed by atoms with Gasteiger partial charge in [0.05, 0.1) is 0 Å². The molecule has 0 N–H and O–H groups in total. The second-order valence-electron chi connectivity index (χ2n) is 3.38. The van der Waals surface area contributed by atoms with E-state index in [9.17, 15) is 0 Å². The van der Waals surface area contributed by atoms with E-state index in [2.05, 4.69) is 18.7 Å². The second kappa shape index (κ2) is 3.97. The van der Waals surface area contributed by atoms with Crippen molar-refractivity contribution < 1.29 is 0 Å². The molecule has 1 nitrogen and oxygen atoms in total. The highest BCUT2D eigenvalue weighted by atomic mass is 15.3. The quantitative estimate of drug-likeness (QED) is 0.419. The van der Waals surface area contributed by atoms with Crippen molar-refractivity contribution in [2.75, 3.05) is 13.1 Å². The highest BCUT2D eigenvalue weighted by Crippen LogP contribution is 2.15. The minimum absolute atomic E-state index is 0.867. The maximum absolute atomic E-state index is 2.54. The summed E-state index contributed by atoms with van der Waals surface area (Å²) in [7, 11) is 0. The lowest BCUT2D eigenvalue weighted by atomic mass is 10.1. The summed E-state index contributed by atoms with van der Waals surface area (Å²) in [6.45, 7) is 7.32. The number of hydrogen-bond donors (Lipinski definition) is 0. The first-order chi connectivity index (χ1) is 4.84. The van der Waals surface area contributed by atoms with Crippen molar-refractivity contribution in [3.63, 3.8) is 0 Å². The van der Waals surface area contributed by atoms with Gasteiger partial charge in [-0.1, -0.05) is 26.2 Å². The van der Waals surface area contributed by atoms with E-state index < -0.39 is 0 Å². The normalized spacial score (nSPS) is 21.0. The number of hydrogen-bond acceptors (Lipinski definition) is 1. The molecular weight excluding hydrogens is 122 g/mol. The van der Waals surface area contributed by atoms with E-state index in [4.69, 9.17) is 0 Å². The largest absolute Gasteiger partial charge is 0.298 e. The first-order valence-electron chi connectivity index (χ1n) is 4.58. The summed E-state index contributed by atoms with van der Waals surface area (Å²) in [5.74, 6) is 0. The first-order valence-corrected chi connectivity index (χ1v) is 4.58. The van der Waals surface area contributed by atoms with Crippen LogP contribution in [0.2, 0.25) is 0 Å². The number of nitrogens with zero attached hydrogens (tertiary/aromatic N) is 1. The van der Waals surface area contributed by atoms with E-state index in [1.165, 1.54) is 38.8 Å². The average Bonchev–Trinajstić information content (AvgIpc) is 2.69. The molecule has 1 aliphatic rings. The monoisotopic (exact) mass is 141 g/mol. The lowest BCUT2D eigenvalue weighted by molar-refractivity contribution is 0.389. The second-order valence-corrected chi connectivity index (χ2v) is 3.38. The Morgan fingerprint density at radius 1 is 1.30 bits per heavy atom. The molecule has 0 radical (unpaired) electrons. The zero-order valence-corrected chi connectivity index (χ0v) is 7.27. The Labute approximate surface area is 64.4 Å². The van der Waals surface area contributed by atoms with Crippen LogP contribution in [-0.2, 0) is 0 Å². The van der Waals surface area contributed by atoms with Crippen molar-refractivity contribution in [3.8, 4) is 0 Å². The van der Waals surface area contributed by atoms with Crippen molar-refractivity contribution in [1.82, 2.24) is 4.90 Å². The molecule has 1 aliphatic heterocycles. The van der Waals surface area contributed by atoms with Crippen LogP contribution >= 0.6 is 0 Å². The molecule has 0 aromatic carbocycles. The third-order valence-electron chi connectivity index (χ3n) is 2.33. The molecule has 0 aliphatic carbocycles. The van der Waals surface area contributed by atoms with Crippen LogP contribution in [0.1, 0.15) is 39.5 Å². The van der Waals surface area contributed by atoms with E-state index in [0.29, 0.717) is 0 Å². The summed E-state index contributed by atoms with van der Waals surface area (Å²) >= 11 is 0. The molecule has 0 saturated carbocycles. The Balaban J connectivity index is 1.90. The Kier molecular flexibility index (Phi) is 3.20.